The van der Waals surface area contributed by atoms with E-state index in [1.54, 1.807) is 12.1 Å². The van der Waals surface area contributed by atoms with E-state index < -0.39 is 41.4 Å². The van der Waals surface area contributed by atoms with Crippen LogP contribution in [0.1, 0.15) is 34.3 Å². The van der Waals surface area contributed by atoms with Crippen LogP contribution in [0.25, 0.3) is 0 Å². The maximum atomic E-state index is 13.5. The van der Waals surface area contributed by atoms with E-state index in [9.17, 15) is 27.6 Å². The van der Waals surface area contributed by atoms with E-state index in [2.05, 4.69) is 0 Å². The number of Topliss-reactive ketones (excluding diaryl/α,β-unsaturated/α-hetero) is 1. The third-order valence-corrected chi connectivity index (χ3v) is 6.89. The maximum Gasteiger partial charge on any atom is 0.416 e. The van der Waals surface area contributed by atoms with Crippen LogP contribution in [0.2, 0.25) is 0 Å². The summed E-state index contributed by atoms with van der Waals surface area (Å²) in [6, 6.07) is 10.2. The first-order chi connectivity index (χ1) is 15.2. The molecule has 0 bridgehead atoms. The molecule has 0 N–H and O–H groups in total. The number of aryl methyl sites for hydroxylation is 1. The van der Waals surface area contributed by atoms with Crippen LogP contribution in [-0.4, -0.2) is 41.1 Å². The molecular weight excluding hydrogens is 421 g/mol. The number of imide groups is 1. The Hall–Kier alpha value is -3.00. The molecule has 4 atom stereocenters. The highest BCUT2D eigenvalue weighted by atomic mass is 19.4. The van der Waals surface area contributed by atoms with Crippen molar-refractivity contribution in [2.75, 3.05) is 11.4 Å². The number of halogens is 3. The monoisotopic (exact) mass is 442 g/mol. The average Bonchev–Trinajstić information content (AvgIpc) is 3.39. The Kier molecular flexibility index (Phi) is 4.74. The Morgan fingerprint density at radius 3 is 2.38 bits per heavy atom. The first kappa shape index (κ1) is 20.9. The molecule has 0 aromatic heterocycles. The lowest BCUT2D eigenvalue weighted by Gasteiger charge is -2.27. The number of hydrogen-bond donors (Lipinski definition) is 0. The SMILES string of the molecule is Cc1ccc(C(=O)[C@@H]2[C@@H]3C(=O)N(c4cccc(C(F)(F)F)c4)C(=O)[C@@H]3[C@@H]3CCCN23)cc1. The van der Waals surface area contributed by atoms with Gasteiger partial charge in [0.1, 0.15) is 0 Å². The quantitative estimate of drug-likeness (QED) is 0.535. The van der Waals surface area contributed by atoms with Gasteiger partial charge in [0.05, 0.1) is 29.1 Å². The second-order valence-corrected chi connectivity index (χ2v) is 8.73. The molecule has 2 aromatic carbocycles. The Bertz CT molecular complexity index is 1110. The maximum absolute atomic E-state index is 13.5. The number of ketones is 1. The van der Waals surface area contributed by atoms with E-state index in [4.69, 9.17) is 0 Å². The molecule has 3 heterocycles. The van der Waals surface area contributed by atoms with Gasteiger partial charge < -0.3 is 0 Å². The zero-order chi connectivity index (χ0) is 22.8. The summed E-state index contributed by atoms with van der Waals surface area (Å²) in [6.07, 6.45) is -3.12. The van der Waals surface area contributed by atoms with Gasteiger partial charge in [-0.2, -0.15) is 13.2 Å². The van der Waals surface area contributed by atoms with E-state index in [1.165, 1.54) is 12.1 Å². The summed E-state index contributed by atoms with van der Waals surface area (Å²) < 4.78 is 39.6. The third kappa shape index (κ3) is 3.08. The second-order valence-electron chi connectivity index (χ2n) is 8.73. The highest BCUT2D eigenvalue weighted by molar-refractivity contribution is 6.24. The van der Waals surface area contributed by atoms with Crippen LogP contribution in [0.3, 0.4) is 0 Å². The van der Waals surface area contributed by atoms with Crippen LogP contribution in [0.4, 0.5) is 18.9 Å². The molecule has 3 aliphatic rings. The molecule has 3 saturated heterocycles. The Balaban J connectivity index is 1.54. The summed E-state index contributed by atoms with van der Waals surface area (Å²) in [4.78, 5) is 43.0. The number of rotatable bonds is 3. The Morgan fingerprint density at radius 2 is 1.69 bits per heavy atom. The van der Waals surface area contributed by atoms with Crippen LogP contribution in [-0.2, 0) is 15.8 Å². The van der Waals surface area contributed by atoms with Crippen molar-refractivity contribution in [3.05, 3.63) is 65.2 Å². The minimum Gasteiger partial charge on any atom is -0.292 e. The molecule has 8 heteroatoms. The summed E-state index contributed by atoms with van der Waals surface area (Å²) in [7, 11) is 0. The van der Waals surface area contributed by atoms with E-state index in [-0.39, 0.29) is 17.5 Å². The third-order valence-electron chi connectivity index (χ3n) is 6.89. The minimum atomic E-state index is -4.59. The first-order valence-electron chi connectivity index (χ1n) is 10.6. The lowest BCUT2D eigenvalue weighted by atomic mass is 9.85. The molecular formula is C24H21F3N2O3. The molecule has 0 spiro atoms. The zero-order valence-electron chi connectivity index (χ0n) is 17.3. The number of benzene rings is 2. The van der Waals surface area contributed by atoms with Gasteiger partial charge in [0.2, 0.25) is 11.8 Å². The number of carbonyl (C=O) groups is 3. The summed E-state index contributed by atoms with van der Waals surface area (Å²) >= 11 is 0. The van der Waals surface area contributed by atoms with Crippen molar-refractivity contribution in [3.63, 3.8) is 0 Å². The summed E-state index contributed by atoms with van der Waals surface area (Å²) in [5.74, 6) is -2.96. The molecule has 32 heavy (non-hydrogen) atoms. The number of hydrogen-bond acceptors (Lipinski definition) is 4. The summed E-state index contributed by atoms with van der Waals surface area (Å²) in [5.41, 5.74) is 0.426. The minimum absolute atomic E-state index is 0.102. The van der Waals surface area contributed by atoms with Gasteiger partial charge in [-0.1, -0.05) is 35.9 Å². The van der Waals surface area contributed by atoms with Gasteiger partial charge in [0, 0.05) is 11.6 Å². The molecule has 0 saturated carbocycles. The van der Waals surface area contributed by atoms with Crippen LogP contribution >= 0.6 is 0 Å². The van der Waals surface area contributed by atoms with Gasteiger partial charge >= 0.3 is 6.18 Å². The van der Waals surface area contributed by atoms with Gasteiger partial charge in [-0.25, -0.2) is 4.90 Å². The van der Waals surface area contributed by atoms with Crippen LogP contribution < -0.4 is 4.90 Å². The molecule has 2 amide bonds. The highest BCUT2D eigenvalue weighted by Gasteiger charge is 2.64. The second kappa shape index (κ2) is 7.27. The zero-order valence-corrected chi connectivity index (χ0v) is 17.3. The number of amides is 2. The molecule has 3 fully saturated rings. The molecule has 166 valence electrons. The number of anilines is 1. The number of alkyl halides is 3. The molecule has 2 aromatic rings. The Labute approximate surface area is 182 Å². The average molecular weight is 442 g/mol. The van der Waals surface area contributed by atoms with Gasteiger partial charge in [-0.05, 0) is 44.5 Å². The van der Waals surface area contributed by atoms with Crippen molar-refractivity contribution in [1.29, 1.82) is 0 Å². The topological polar surface area (TPSA) is 57.7 Å². The van der Waals surface area contributed by atoms with Crippen molar-refractivity contribution in [2.45, 2.75) is 38.0 Å². The number of carbonyl (C=O) groups excluding carboxylic acids is 3. The standard InChI is InChI=1S/C24H21F3N2O3/c1-13-7-9-14(10-8-13)21(30)20-19-18(17-6-3-11-28(17)20)22(31)29(23(19)32)16-5-2-4-15(12-16)24(25,26)27/h2,4-5,7-10,12,17-20H,3,6,11H2,1H3/t17-,18+,19+,20-/m0/s1. The van der Waals surface area contributed by atoms with E-state index in [0.29, 0.717) is 18.5 Å². The predicted octanol–water partition coefficient (Wildman–Crippen LogP) is 3.85. The van der Waals surface area contributed by atoms with E-state index in [0.717, 1.165) is 29.0 Å². The molecule has 0 aliphatic carbocycles. The molecule has 5 rings (SSSR count). The summed E-state index contributed by atoms with van der Waals surface area (Å²) in [5, 5.41) is 0. The first-order valence-corrected chi connectivity index (χ1v) is 10.6. The molecule has 5 nitrogen and oxygen atoms in total. The van der Waals surface area contributed by atoms with Crippen molar-refractivity contribution in [1.82, 2.24) is 4.90 Å². The molecule has 0 unspecified atom stereocenters. The van der Waals surface area contributed by atoms with Gasteiger partial charge in [0.15, 0.2) is 5.78 Å². The number of fused-ring (bicyclic) bond motifs is 3. The van der Waals surface area contributed by atoms with Crippen LogP contribution in [0, 0.1) is 18.8 Å². The predicted molar refractivity (Wildman–Crippen MR) is 110 cm³/mol. The van der Waals surface area contributed by atoms with E-state index in [1.807, 2.05) is 24.0 Å². The largest absolute Gasteiger partial charge is 0.416 e. The lowest BCUT2D eigenvalue weighted by molar-refractivity contribution is -0.137. The van der Waals surface area contributed by atoms with Crippen molar-refractivity contribution in [3.8, 4) is 0 Å². The smallest absolute Gasteiger partial charge is 0.292 e. The van der Waals surface area contributed by atoms with Crippen molar-refractivity contribution in [2.24, 2.45) is 11.8 Å². The Morgan fingerprint density at radius 1 is 1.00 bits per heavy atom. The number of nitrogens with zero attached hydrogens (tertiary/aromatic N) is 2. The fraction of sp³-hybridized carbons (Fsp3) is 0.375. The van der Waals surface area contributed by atoms with Crippen LogP contribution in [0.5, 0.6) is 0 Å². The lowest BCUT2D eigenvalue weighted by Crippen LogP contribution is -2.46. The molecule has 0 radical (unpaired) electrons. The highest BCUT2D eigenvalue weighted by Crippen LogP contribution is 2.48. The molecule has 3 aliphatic heterocycles. The fourth-order valence-corrected chi connectivity index (χ4v) is 5.48. The van der Waals surface area contributed by atoms with E-state index >= 15 is 0 Å². The van der Waals surface area contributed by atoms with Gasteiger partial charge in [-0.15, -0.1) is 0 Å². The fourth-order valence-electron chi connectivity index (χ4n) is 5.48. The van der Waals surface area contributed by atoms with Gasteiger partial charge in [0.25, 0.3) is 0 Å². The van der Waals surface area contributed by atoms with Crippen molar-refractivity contribution < 1.29 is 27.6 Å². The van der Waals surface area contributed by atoms with Crippen LogP contribution in [0.15, 0.2) is 48.5 Å². The normalized spacial score (nSPS) is 27.7. The van der Waals surface area contributed by atoms with Crippen molar-refractivity contribution >= 4 is 23.3 Å². The van der Waals surface area contributed by atoms with Gasteiger partial charge in [-0.3, -0.25) is 19.3 Å². The summed E-state index contributed by atoms with van der Waals surface area (Å²) in [6.45, 7) is 2.52.